The fourth-order valence-electron chi connectivity index (χ4n) is 10.5. The minimum atomic E-state index is -0.768. The largest absolute Gasteiger partial charge is 0.341 e. The number of nitrogens with one attached hydrogen (secondary N) is 4. The number of thiazole rings is 2. The lowest BCUT2D eigenvalue weighted by atomic mass is 9.92. The van der Waals surface area contributed by atoms with Crippen LogP contribution in [0, 0.1) is 0 Å². The molecule has 3 aromatic carbocycles. The van der Waals surface area contributed by atoms with E-state index in [4.69, 9.17) is 9.97 Å². The molecule has 16 heteroatoms. The zero-order chi connectivity index (χ0) is 51.1. The van der Waals surface area contributed by atoms with E-state index in [9.17, 15) is 19.2 Å². The molecule has 3 fully saturated rings. The monoisotopic (exact) mass is 1040 g/mol. The summed E-state index contributed by atoms with van der Waals surface area (Å²) in [6, 6.07) is 26.2. The van der Waals surface area contributed by atoms with Gasteiger partial charge in [0, 0.05) is 90.7 Å². The third-order valence-corrected chi connectivity index (χ3v) is 16.8. The molecule has 3 unspecified atom stereocenters. The Kier molecular flexibility index (Phi) is 19.0. The number of rotatable bonds is 22. The minimum Gasteiger partial charge on any atom is -0.341 e. The highest BCUT2D eigenvalue weighted by atomic mass is 32.1. The van der Waals surface area contributed by atoms with Gasteiger partial charge in [-0.1, -0.05) is 104 Å². The molecule has 4 N–H and O–H groups in total. The van der Waals surface area contributed by atoms with Crippen LogP contribution in [-0.4, -0.2) is 132 Å². The molecule has 5 aromatic rings. The highest BCUT2D eigenvalue weighted by Crippen LogP contribution is 2.40. The summed E-state index contributed by atoms with van der Waals surface area (Å²) in [5, 5.41) is 14.8. The Bertz CT molecular complexity index is 2700. The predicted molar refractivity (Wildman–Crippen MR) is 296 cm³/mol. The van der Waals surface area contributed by atoms with Crippen LogP contribution in [0.3, 0.4) is 0 Å². The van der Waals surface area contributed by atoms with Gasteiger partial charge in [-0.05, 0) is 91.4 Å². The maximum absolute atomic E-state index is 14.4. The lowest BCUT2D eigenvalue weighted by molar-refractivity contribution is -0.137. The first-order valence-electron chi connectivity index (χ1n) is 26.8. The van der Waals surface area contributed by atoms with Crippen LogP contribution in [0.5, 0.6) is 0 Å². The molecular weight excluding hydrogens is 965 g/mol. The van der Waals surface area contributed by atoms with Crippen molar-refractivity contribution in [3.8, 4) is 10.4 Å². The summed E-state index contributed by atoms with van der Waals surface area (Å²) < 4.78 is 0. The third kappa shape index (κ3) is 14.1. The molecule has 9 rings (SSSR count). The third-order valence-electron chi connectivity index (χ3n) is 14.6. The van der Waals surface area contributed by atoms with E-state index >= 15 is 0 Å². The molecule has 0 spiro atoms. The Morgan fingerprint density at radius 1 is 0.676 bits per heavy atom. The summed E-state index contributed by atoms with van der Waals surface area (Å²) in [6.07, 6.45) is 14.8. The molecule has 5 heterocycles. The molecule has 4 aliphatic rings. The highest BCUT2D eigenvalue weighted by molar-refractivity contribution is 7.15. The number of hydrogen-bond donors (Lipinski definition) is 4. The summed E-state index contributed by atoms with van der Waals surface area (Å²) in [5.41, 5.74) is 6.34. The van der Waals surface area contributed by atoms with E-state index in [1.165, 1.54) is 16.7 Å². The van der Waals surface area contributed by atoms with Crippen LogP contribution in [-0.2, 0) is 25.7 Å². The molecule has 0 saturated carbocycles. The van der Waals surface area contributed by atoms with Crippen LogP contribution in [0.15, 0.2) is 109 Å². The van der Waals surface area contributed by atoms with Gasteiger partial charge in [0.15, 0.2) is 0 Å². The van der Waals surface area contributed by atoms with Crippen LogP contribution in [0.2, 0.25) is 0 Å². The molecule has 390 valence electrons. The zero-order valence-electron chi connectivity index (χ0n) is 42.8. The highest BCUT2D eigenvalue weighted by Gasteiger charge is 2.37. The Morgan fingerprint density at radius 3 is 1.85 bits per heavy atom. The second-order valence-electron chi connectivity index (χ2n) is 19.8. The summed E-state index contributed by atoms with van der Waals surface area (Å²) in [4.78, 5) is 75.8. The molecule has 4 amide bonds. The fraction of sp³-hybridized carbons (Fsp3) is 0.448. The summed E-state index contributed by atoms with van der Waals surface area (Å²) in [5.74, 6) is -0.411. The van der Waals surface area contributed by atoms with Gasteiger partial charge >= 0.3 is 0 Å². The molecular formula is C58H72N10O4S2. The summed E-state index contributed by atoms with van der Waals surface area (Å²) in [7, 11) is 0. The standard InChI is InChI=1S/C58H72N10O4S2/c1-2-31-67(57(71)54(46-12-5-3-6-13-46)63-51(69)17-10-32-65-35-27-59-28-36-65)41-53-61-39-49(73-53)44-23-19-42(20-24-44)43-21-25-45(26-22-43)50-40-62-56(74-50)48-16-9-34-68(48)58(72)55(47-14-7-4-8-15-47)64-52(70)18-11-33-66-37-29-60-30-38-66/h3-8,12-15,19,21-23,25-26,39-40,48,54-55,59-60H,2,9-11,16-18,20,24,27-38,41H2,1H3,(H,63,69)(H,64,70). The van der Waals surface area contributed by atoms with Crippen molar-refractivity contribution < 1.29 is 19.2 Å². The first-order valence-corrected chi connectivity index (χ1v) is 28.5. The Labute approximate surface area is 444 Å². The van der Waals surface area contributed by atoms with Gasteiger partial charge in [0.05, 0.1) is 22.3 Å². The van der Waals surface area contributed by atoms with Crippen LogP contribution < -0.4 is 21.3 Å². The molecule has 0 radical (unpaired) electrons. The number of benzene rings is 3. The van der Waals surface area contributed by atoms with Crippen molar-refractivity contribution in [2.24, 2.45) is 0 Å². The topological polar surface area (TPSA) is 155 Å². The van der Waals surface area contributed by atoms with Gasteiger partial charge in [-0.2, -0.15) is 0 Å². The molecule has 74 heavy (non-hydrogen) atoms. The number of allylic oxidation sites excluding steroid dienone is 4. The number of amides is 4. The average molecular weight is 1040 g/mol. The van der Waals surface area contributed by atoms with E-state index in [1.54, 1.807) is 22.7 Å². The van der Waals surface area contributed by atoms with Crippen LogP contribution in [0.25, 0.3) is 21.6 Å². The second kappa shape index (κ2) is 26.6. The molecule has 3 aliphatic heterocycles. The van der Waals surface area contributed by atoms with E-state index in [2.05, 4.69) is 74.4 Å². The Balaban J connectivity index is 0.802. The van der Waals surface area contributed by atoms with E-state index < -0.39 is 12.1 Å². The van der Waals surface area contributed by atoms with Gasteiger partial charge in [-0.3, -0.25) is 19.2 Å². The molecule has 2 aromatic heterocycles. The van der Waals surface area contributed by atoms with Gasteiger partial charge < -0.3 is 40.9 Å². The first-order chi connectivity index (χ1) is 36.3. The molecule has 0 bridgehead atoms. The van der Waals surface area contributed by atoms with Crippen molar-refractivity contribution in [2.75, 3.05) is 78.5 Å². The fourth-order valence-corrected chi connectivity index (χ4v) is 12.6. The summed E-state index contributed by atoms with van der Waals surface area (Å²) >= 11 is 3.27. The van der Waals surface area contributed by atoms with Gasteiger partial charge in [-0.25, -0.2) is 9.97 Å². The Hall–Kier alpha value is -5.88. The zero-order valence-corrected chi connectivity index (χ0v) is 44.4. The number of likely N-dealkylation sites (tertiary alicyclic amines) is 1. The maximum Gasteiger partial charge on any atom is 0.250 e. The van der Waals surface area contributed by atoms with E-state index in [0.717, 1.165) is 147 Å². The van der Waals surface area contributed by atoms with Crippen LogP contribution in [0.1, 0.15) is 114 Å². The Morgan fingerprint density at radius 2 is 1.24 bits per heavy atom. The van der Waals surface area contributed by atoms with Crippen LogP contribution in [0.4, 0.5) is 0 Å². The van der Waals surface area contributed by atoms with Crippen molar-refractivity contribution in [3.63, 3.8) is 0 Å². The normalized spacial score (nSPS) is 18.3. The maximum atomic E-state index is 14.4. The van der Waals surface area contributed by atoms with E-state index in [0.29, 0.717) is 32.5 Å². The van der Waals surface area contributed by atoms with Crippen LogP contribution >= 0.6 is 22.7 Å². The lowest BCUT2D eigenvalue weighted by Gasteiger charge is -2.29. The number of carbonyl (C=O) groups is 4. The number of piperazine rings is 2. The first kappa shape index (κ1) is 53.0. The molecule has 3 saturated heterocycles. The van der Waals surface area contributed by atoms with Crippen molar-refractivity contribution in [1.82, 2.24) is 50.8 Å². The number of hydrogen-bond acceptors (Lipinski definition) is 12. The van der Waals surface area contributed by atoms with E-state index in [-0.39, 0.29) is 29.7 Å². The molecule has 1 aliphatic carbocycles. The van der Waals surface area contributed by atoms with E-state index in [1.807, 2.05) is 82.9 Å². The number of nitrogens with zero attached hydrogens (tertiary/aromatic N) is 6. The molecule has 14 nitrogen and oxygen atoms in total. The van der Waals surface area contributed by atoms with Crippen molar-refractivity contribution in [1.29, 1.82) is 0 Å². The quantitative estimate of drug-likeness (QED) is 0.0536. The van der Waals surface area contributed by atoms with Gasteiger partial charge in [0.1, 0.15) is 22.1 Å². The average Bonchev–Trinajstić information content (AvgIpc) is 4.25. The predicted octanol–water partition coefficient (Wildman–Crippen LogP) is 8.02. The SMILES string of the molecule is CCCN(Cc1ncc(C2=CC=C(c3ccc(-c4cnc(C5CCCN5C(=O)C(NC(=O)CCCN5CCNCC5)c5ccccc5)s4)cc3)CC2)s1)C(=O)C(NC(=O)CCCN1CCNCC1)c1ccccc1. The van der Waals surface area contributed by atoms with Crippen molar-refractivity contribution in [2.45, 2.75) is 89.4 Å². The summed E-state index contributed by atoms with van der Waals surface area (Å²) in [6.45, 7) is 13.3. The number of carbonyl (C=O) groups excluding carboxylic acids is 4. The smallest absolute Gasteiger partial charge is 0.250 e. The number of aromatic nitrogens is 2. The van der Waals surface area contributed by atoms with Crippen molar-refractivity contribution >= 4 is 57.4 Å². The van der Waals surface area contributed by atoms with Crippen molar-refractivity contribution in [3.05, 3.63) is 141 Å². The molecule has 3 atom stereocenters. The second-order valence-corrected chi connectivity index (χ2v) is 22.0. The minimum absolute atomic E-state index is 0.0857. The van der Waals surface area contributed by atoms with Gasteiger partial charge in [0.2, 0.25) is 23.6 Å². The lowest BCUT2D eigenvalue weighted by Crippen LogP contribution is -2.44. The van der Waals surface area contributed by atoms with Gasteiger partial charge in [-0.15, -0.1) is 22.7 Å². The van der Waals surface area contributed by atoms with Gasteiger partial charge in [0.25, 0.3) is 0 Å².